The van der Waals surface area contributed by atoms with Crippen LogP contribution in [0.15, 0.2) is 0 Å². The van der Waals surface area contributed by atoms with Crippen molar-refractivity contribution in [1.29, 1.82) is 10.5 Å². The van der Waals surface area contributed by atoms with Crippen molar-refractivity contribution in [1.82, 2.24) is 10.6 Å². The number of hydrogen-bond acceptors (Lipinski definition) is 4. The van der Waals surface area contributed by atoms with Gasteiger partial charge in [-0.05, 0) is 25.7 Å². The molecule has 2 aliphatic carbocycles. The summed E-state index contributed by atoms with van der Waals surface area (Å²) < 4.78 is 0. The number of nitrogens with one attached hydrogen (secondary N) is 2. The molecule has 2 fully saturated rings. The topological polar surface area (TPSA) is 71.6 Å². The van der Waals surface area contributed by atoms with Crippen LogP contribution in [0.4, 0.5) is 0 Å². The molecule has 2 N–H and O–H groups in total. The van der Waals surface area contributed by atoms with E-state index in [-0.39, 0.29) is 11.1 Å². The number of rotatable bonds is 5. The molecular weight excluding hydrogens is 248 g/mol. The van der Waals surface area contributed by atoms with Gasteiger partial charge in [-0.15, -0.1) is 0 Å². The molecule has 0 bridgehead atoms. The lowest BCUT2D eigenvalue weighted by Crippen LogP contribution is -2.52. The fourth-order valence-corrected chi connectivity index (χ4v) is 3.57. The van der Waals surface area contributed by atoms with Gasteiger partial charge in [0.05, 0.1) is 12.1 Å². The lowest BCUT2D eigenvalue weighted by atomic mass is 9.82. The minimum Gasteiger partial charge on any atom is -0.298 e. The summed E-state index contributed by atoms with van der Waals surface area (Å²) in [7, 11) is 0. The Balaban J connectivity index is 1.75. The summed E-state index contributed by atoms with van der Waals surface area (Å²) in [5.41, 5.74) is -0.626. The zero-order valence-corrected chi connectivity index (χ0v) is 12.4. The molecule has 0 amide bonds. The first-order valence-electron chi connectivity index (χ1n) is 8.07. The Morgan fingerprint density at radius 2 is 1.00 bits per heavy atom. The van der Waals surface area contributed by atoms with Crippen LogP contribution in [-0.2, 0) is 0 Å². The molecule has 0 unspecified atom stereocenters. The van der Waals surface area contributed by atoms with Gasteiger partial charge in [0.15, 0.2) is 0 Å². The van der Waals surface area contributed by atoms with Crippen molar-refractivity contribution in [2.24, 2.45) is 0 Å². The van der Waals surface area contributed by atoms with E-state index < -0.39 is 0 Å². The van der Waals surface area contributed by atoms with E-state index in [0.717, 1.165) is 64.5 Å². The monoisotopic (exact) mass is 274 g/mol. The van der Waals surface area contributed by atoms with Crippen LogP contribution in [0.25, 0.3) is 0 Å². The van der Waals surface area contributed by atoms with Gasteiger partial charge in [-0.25, -0.2) is 0 Å². The van der Waals surface area contributed by atoms with Crippen molar-refractivity contribution >= 4 is 0 Å². The first-order chi connectivity index (χ1) is 9.74. The molecule has 0 aromatic carbocycles. The molecule has 0 aromatic rings. The highest BCUT2D eigenvalue weighted by Crippen LogP contribution is 2.28. The van der Waals surface area contributed by atoms with E-state index in [1.807, 2.05) is 0 Å². The zero-order chi connectivity index (χ0) is 14.3. The van der Waals surface area contributed by atoms with E-state index in [1.165, 1.54) is 12.8 Å². The first kappa shape index (κ1) is 15.3. The van der Waals surface area contributed by atoms with Crippen LogP contribution in [0.5, 0.6) is 0 Å². The molecule has 4 nitrogen and oxygen atoms in total. The van der Waals surface area contributed by atoms with Crippen LogP contribution >= 0.6 is 0 Å². The molecule has 0 heterocycles. The zero-order valence-electron chi connectivity index (χ0n) is 12.4. The van der Waals surface area contributed by atoms with Gasteiger partial charge in [0.1, 0.15) is 11.1 Å². The minimum atomic E-state index is -0.313. The largest absolute Gasteiger partial charge is 0.298 e. The average molecular weight is 274 g/mol. The smallest absolute Gasteiger partial charge is 0.106 e. The predicted octanol–water partition coefficient (Wildman–Crippen LogP) is 2.62. The van der Waals surface area contributed by atoms with Crippen LogP contribution in [0.2, 0.25) is 0 Å². The summed E-state index contributed by atoms with van der Waals surface area (Å²) in [5.74, 6) is 0. The summed E-state index contributed by atoms with van der Waals surface area (Å²) in [5, 5.41) is 25.7. The molecule has 0 saturated heterocycles. The second kappa shape index (κ2) is 7.07. The fraction of sp³-hybridized carbons (Fsp3) is 0.875. The van der Waals surface area contributed by atoms with Gasteiger partial charge in [-0.1, -0.05) is 38.5 Å². The first-order valence-corrected chi connectivity index (χ1v) is 8.07. The standard InChI is InChI=1S/C16H26N4/c17-13-15(7-3-1-4-8-15)19-11-12-20-16(14-18)9-5-2-6-10-16/h19-20H,1-12H2. The molecular formula is C16H26N4. The molecule has 0 atom stereocenters. The van der Waals surface area contributed by atoms with E-state index in [4.69, 9.17) is 0 Å². The SMILES string of the molecule is N#CC1(NCCNC2(C#N)CCCCC2)CCCCC1. The molecule has 2 aliphatic rings. The molecule has 2 saturated carbocycles. The van der Waals surface area contributed by atoms with Crippen molar-refractivity contribution in [2.75, 3.05) is 13.1 Å². The number of nitrogens with zero attached hydrogens (tertiary/aromatic N) is 2. The van der Waals surface area contributed by atoms with E-state index in [0.29, 0.717) is 0 Å². The van der Waals surface area contributed by atoms with Gasteiger partial charge in [0.25, 0.3) is 0 Å². The van der Waals surface area contributed by atoms with Gasteiger partial charge in [-0.2, -0.15) is 10.5 Å². The Kier molecular flexibility index (Phi) is 5.40. The van der Waals surface area contributed by atoms with Crippen LogP contribution < -0.4 is 10.6 Å². The third-order valence-corrected chi connectivity index (χ3v) is 4.89. The van der Waals surface area contributed by atoms with E-state index in [2.05, 4.69) is 22.8 Å². The lowest BCUT2D eigenvalue weighted by molar-refractivity contribution is 0.273. The maximum Gasteiger partial charge on any atom is 0.106 e. The molecule has 0 aliphatic heterocycles. The Hall–Kier alpha value is -1.10. The van der Waals surface area contributed by atoms with E-state index >= 15 is 0 Å². The Labute approximate surface area is 122 Å². The number of nitriles is 2. The van der Waals surface area contributed by atoms with Crippen molar-refractivity contribution in [3.8, 4) is 12.1 Å². The summed E-state index contributed by atoms with van der Waals surface area (Å²) in [4.78, 5) is 0. The second-order valence-corrected chi connectivity index (χ2v) is 6.36. The summed E-state index contributed by atoms with van der Waals surface area (Å²) >= 11 is 0. The highest BCUT2D eigenvalue weighted by atomic mass is 15.0. The maximum atomic E-state index is 9.40. The van der Waals surface area contributed by atoms with Gasteiger partial charge < -0.3 is 0 Å². The molecule has 20 heavy (non-hydrogen) atoms. The Bertz CT molecular complexity index is 340. The van der Waals surface area contributed by atoms with Gasteiger partial charge in [0, 0.05) is 13.1 Å². The van der Waals surface area contributed by atoms with Crippen LogP contribution in [-0.4, -0.2) is 24.2 Å². The van der Waals surface area contributed by atoms with E-state index in [9.17, 15) is 10.5 Å². The summed E-state index contributed by atoms with van der Waals surface area (Å²) in [6, 6.07) is 4.95. The lowest BCUT2D eigenvalue weighted by Gasteiger charge is -2.34. The Morgan fingerprint density at radius 1 is 0.650 bits per heavy atom. The van der Waals surface area contributed by atoms with Crippen LogP contribution in [0.3, 0.4) is 0 Å². The van der Waals surface area contributed by atoms with Crippen LogP contribution in [0.1, 0.15) is 64.2 Å². The fourth-order valence-electron chi connectivity index (χ4n) is 3.57. The quantitative estimate of drug-likeness (QED) is 0.756. The summed E-state index contributed by atoms with van der Waals surface area (Å²) in [6.07, 6.45) is 11.0. The van der Waals surface area contributed by atoms with Gasteiger partial charge in [0.2, 0.25) is 0 Å². The third kappa shape index (κ3) is 3.72. The molecule has 0 radical (unpaired) electrons. The van der Waals surface area contributed by atoms with Gasteiger partial charge in [-0.3, -0.25) is 10.6 Å². The predicted molar refractivity (Wildman–Crippen MR) is 78.9 cm³/mol. The molecule has 4 heteroatoms. The highest BCUT2D eigenvalue weighted by molar-refractivity contribution is 5.10. The number of hydrogen-bond donors (Lipinski definition) is 2. The van der Waals surface area contributed by atoms with Crippen molar-refractivity contribution in [2.45, 2.75) is 75.3 Å². The van der Waals surface area contributed by atoms with Crippen molar-refractivity contribution in [3.63, 3.8) is 0 Å². The molecule has 110 valence electrons. The van der Waals surface area contributed by atoms with Gasteiger partial charge >= 0.3 is 0 Å². The van der Waals surface area contributed by atoms with Crippen LogP contribution in [0, 0.1) is 22.7 Å². The summed E-state index contributed by atoms with van der Waals surface area (Å²) in [6.45, 7) is 1.55. The highest BCUT2D eigenvalue weighted by Gasteiger charge is 2.33. The molecule has 2 rings (SSSR count). The molecule has 0 aromatic heterocycles. The van der Waals surface area contributed by atoms with E-state index in [1.54, 1.807) is 0 Å². The molecule has 0 spiro atoms. The average Bonchev–Trinajstić information content (AvgIpc) is 2.53. The minimum absolute atomic E-state index is 0.313. The normalized spacial score (nSPS) is 24.5. The Morgan fingerprint density at radius 3 is 1.30 bits per heavy atom. The van der Waals surface area contributed by atoms with Crippen molar-refractivity contribution in [3.05, 3.63) is 0 Å². The maximum absolute atomic E-state index is 9.40. The van der Waals surface area contributed by atoms with Crippen molar-refractivity contribution < 1.29 is 0 Å². The third-order valence-electron chi connectivity index (χ3n) is 4.89. The second-order valence-electron chi connectivity index (χ2n) is 6.36.